The lowest BCUT2D eigenvalue weighted by Crippen LogP contribution is -1.96. The van der Waals surface area contributed by atoms with Crippen molar-refractivity contribution >= 4 is 11.9 Å². The fourth-order valence-corrected chi connectivity index (χ4v) is 2.32. The van der Waals surface area contributed by atoms with E-state index >= 15 is 0 Å². The summed E-state index contributed by atoms with van der Waals surface area (Å²) in [4.78, 5) is 12.2. The van der Waals surface area contributed by atoms with Crippen LogP contribution in [0.15, 0.2) is 66.3 Å². The third kappa shape index (κ3) is 4.68. The van der Waals surface area contributed by atoms with E-state index in [2.05, 4.69) is 19.9 Å². The third-order valence-corrected chi connectivity index (χ3v) is 3.58. The zero-order valence-corrected chi connectivity index (χ0v) is 13.9. The second kappa shape index (κ2) is 8.14. The van der Waals surface area contributed by atoms with Gasteiger partial charge in [-0.25, -0.2) is 0 Å². The first-order valence-corrected chi connectivity index (χ1v) is 7.68. The maximum Gasteiger partial charge on any atom is 0.185 e. The predicted octanol–water partition coefficient (Wildman–Crippen LogP) is 5.10. The summed E-state index contributed by atoms with van der Waals surface area (Å²) < 4.78 is 5.46. The van der Waals surface area contributed by atoms with Crippen LogP contribution >= 0.6 is 0 Å². The Morgan fingerprint density at radius 1 is 1.04 bits per heavy atom. The molecule has 0 unspecified atom stereocenters. The maximum absolute atomic E-state index is 12.2. The minimum atomic E-state index is 0.00147. The van der Waals surface area contributed by atoms with Crippen LogP contribution < -0.4 is 4.74 Å². The second-order valence-electron chi connectivity index (χ2n) is 5.58. The molecule has 0 aliphatic carbocycles. The van der Waals surface area contributed by atoms with E-state index in [1.807, 2.05) is 54.6 Å². The molecule has 23 heavy (non-hydrogen) atoms. The van der Waals surface area contributed by atoms with Crippen molar-refractivity contribution in [1.82, 2.24) is 0 Å². The van der Waals surface area contributed by atoms with Gasteiger partial charge >= 0.3 is 0 Å². The Morgan fingerprint density at radius 3 is 2.43 bits per heavy atom. The molecule has 0 aliphatic rings. The molecular formula is C21H22O2. The molecule has 0 aliphatic heterocycles. The number of benzene rings is 2. The number of carbonyl (C=O) groups is 1. The van der Waals surface area contributed by atoms with Crippen LogP contribution in [0.1, 0.15) is 35.3 Å². The minimum Gasteiger partial charge on any atom is -0.496 e. The summed E-state index contributed by atoms with van der Waals surface area (Å²) in [5, 5.41) is 0. The van der Waals surface area contributed by atoms with E-state index in [0.29, 0.717) is 5.56 Å². The van der Waals surface area contributed by atoms with Crippen molar-refractivity contribution in [2.24, 2.45) is 0 Å². The minimum absolute atomic E-state index is 0.00147. The smallest absolute Gasteiger partial charge is 0.185 e. The number of allylic oxidation sites excluding steroid dienone is 3. The lowest BCUT2D eigenvalue weighted by atomic mass is 10.0. The van der Waals surface area contributed by atoms with E-state index in [1.165, 1.54) is 5.57 Å². The molecule has 0 saturated carbocycles. The van der Waals surface area contributed by atoms with Crippen LogP contribution in [-0.2, 0) is 6.42 Å². The van der Waals surface area contributed by atoms with Gasteiger partial charge in [0.15, 0.2) is 5.78 Å². The molecule has 2 heteroatoms. The molecule has 0 atom stereocenters. The summed E-state index contributed by atoms with van der Waals surface area (Å²) in [7, 11) is 1.67. The van der Waals surface area contributed by atoms with Gasteiger partial charge < -0.3 is 4.74 Å². The standard InChI is InChI=1S/C21H22O2/c1-16(2)12-14-19-17(10-7-11-21(19)23-3)13-15-20(22)18-8-5-4-6-9-18/h4-13,15H,14H2,1-3H3. The van der Waals surface area contributed by atoms with Gasteiger partial charge in [0.05, 0.1) is 7.11 Å². The number of rotatable bonds is 6. The highest BCUT2D eigenvalue weighted by Crippen LogP contribution is 2.25. The van der Waals surface area contributed by atoms with Gasteiger partial charge in [0.2, 0.25) is 0 Å². The highest BCUT2D eigenvalue weighted by molar-refractivity contribution is 6.06. The molecule has 0 bridgehead atoms. The monoisotopic (exact) mass is 306 g/mol. The van der Waals surface area contributed by atoms with Gasteiger partial charge in [0.25, 0.3) is 0 Å². The Bertz CT molecular complexity index is 721. The fraction of sp³-hybridized carbons (Fsp3) is 0.190. The van der Waals surface area contributed by atoms with Gasteiger partial charge in [-0.15, -0.1) is 0 Å². The van der Waals surface area contributed by atoms with E-state index < -0.39 is 0 Å². The van der Waals surface area contributed by atoms with Gasteiger partial charge in [0.1, 0.15) is 5.75 Å². The molecule has 118 valence electrons. The molecule has 2 rings (SSSR count). The topological polar surface area (TPSA) is 26.3 Å². The summed E-state index contributed by atoms with van der Waals surface area (Å²) in [6, 6.07) is 15.2. The van der Waals surface area contributed by atoms with Crippen LogP contribution in [0.3, 0.4) is 0 Å². The average Bonchev–Trinajstić information content (AvgIpc) is 2.58. The van der Waals surface area contributed by atoms with Crippen LogP contribution in [0, 0.1) is 0 Å². The van der Waals surface area contributed by atoms with Crippen LogP contribution in [0.25, 0.3) is 6.08 Å². The molecule has 2 nitrogen and oxygen atoms in total. The van der Waals surface area contributed by atoms with Crippen molar-refractivity contribution in [3.8, 4) is 5.75 Å². The third-order valence-electron chi connectivity index (χ3n) is 3.58. The fourth-order valence-electron chi connectivity index (χ4n) is 2.32. The molecule has 2 aromatic rings. The van der Waals surface area contributed by atoms with E-state index in [9.17, 15) is 4.79 Å². The highest BCUT2D eigenvalue weighted by atomic mass is 16.5. The number of ether oxygens (including phenoxy) is 1. The summed E-state index contributed by atoms with van der Waals surface area (Å²) in [5.41, 5.74) is 4.04. The van der Waals surface area contributed by atoms with E-state index in [4.69, 9.17) is 4.74 Å². The predicted molar refractivity (Wildman–Crippen MR) is 95.9 cm³/mol. The summed E-state index contributed by atoms with van der Waals surface area (Å²) >= 11 is 0. The molecule has 0 N–H and O–H groups in total. The number of carbonyl (C=O) groups excluding carboxylic acids is 1. The second-order valence-corrected chi connectivity index (χ2v) is 5.58. The van der Waals surface area contributed by atoms with Gasteiger partial charge in [-0.2, -0.15) is 0 Å². The average molecular weight is 306 g/mol. The highest BCUT2D eigenvalue weighted by Gasteiger charge is 2.07. The molecule has 0 heterocycles. The van der Waals surface area contributed by atoms with Crippen LogP contribution in [0.4, 0.5) is 0 Å². The van der Waals surface area contributed by atoms with Crippen LogP contribution in [-0.4, -0.2) is 12.9 Å². The number of ketones is 1. The van der Waals surface area contributed by atoms with E-state index in [-0.39, 0.29) is 5.78 Å². The van der Waals surface area contributed by atoms with E-state index in [0.717, 1.165) is 23.3 Å². The van der Waals surface area contributed by atoms with Crippen molar-refractivity contribution in [2.45, 2.75) is 20.3 Å². The van der Waals surface area contributed by atoms with Crippen molar-refractivity contribution < 1.29 is 9.53 Å². The number of hydrogen-bond acceptors (Lipinski definition) is 2. The Hall–Kier alpha value is -2.61. The Kier molecular flexibility index (Phi) is 5.93. The molecular weight excluding hydrogens is 284 g/mol. The van der Waals surface area contributed by atoms with E-state index in [1.54, 1.807) is 13.2 Å². The molecule has 0 saturated heterocycles. The summed E-state index contributed by atoms with van der Waals surface area (Å²) in [6.07, 6.45) is 6.43. The van der Waals surface area contributed by atoms with Crippen LogP contribution in [0.5, 0.6) is 5.75 Å². The lowest BCUT2D eigenvalue weighted by molar-refractivity contribution is 0.104. The first kappa shape index (κ1) is 16.8. The van der Waals surface area contributed by atoms with Gasteiger partial charge in [-0.1, -0.05) is 60.2 Å². The van der Waals surface area contributed by atoms with Crippen molar-refractivity contribution in [3.63, 3.8) is 0 Å². The largest absolute Gasteiger partial charge is 0.496 e. The molecule has 0 spiro atoms. The summed E-state index contributed by atoms with van der Waals surface area (Å²) in [6.45, 7) is 4.15. The zero-order valence-electron chi connectivity index (χ0n) is 13.9. The SMILES string of the molecule is COc1cccc(C=CC(=O)c2ccccc2)c1CC=C(C)C. The molecule has 0 aromatic heterocycles. The Balaban J connectivity index is 2.30. The van der Waals surface area contributed by atoms with Crippen LogP contribution in [0.2, 0.25) is 0 Å². The van der Waals surface area contributed by atoms with Crippen molar-refractivity contribution in [2.75, 3.05) is 7.11 Å². The number of methoxy groups -OCH3 is 1. The maximum atomic E-state index is 12.2. The molecule has 2 aromatic carbocycles. The zero-order chi connectivity index (χ0) is 16.7. The summed E-state index contributed by atoms with van der Waals surface area (Å²) in [5.74, 6) is 0.846. The van der Waals surface area contributed by atoms with Gasteiger partial charge in [-0.05, 0) is 38.0 Å². The quantitative estimate of drug-likeness (QED) is 0.421. The Labute approximate surface area is 138 Å². The normalized spacial score (nSPS) is 10.6. The first-order chi connectivity index (χ1) is 11.1. The molecule has 0 fully saturated rings. The number of hydrogen-bond donors (Lipinski definition) is 0. The van der Waals surface area contributed by atoms with Gasteiger partial charge in [0, 0.05) is 11.1 Å². The molecule has 0 amide bonds. The van der Waals surface area contributed by atoms with Crippen molar-refractivity contribution in [1.29, 1.82) is 0 Å². The Morgan fingerprint density at radius 2 is 1.78 bits per heavy atom. The van der Waals surface area contributed by atoms with Crippen molar-refractivity contribution in [3.05, 3.63) is 82.9 Å². The van der Waals surface area contributed by atoms with Gasteiger partial charge in [-0.3, -0.25) is 4.79 Å². The lowest BCUT2D eigenvalue weighted by Gasteiger charge is -2.10. The molecule has 0 radical (unpaired) electrons. The first-order valence-electron chi connectivity index (χ1n) is 7.68.